The van der Waals surface area contributed by atoms with Crippen LogP contribution in [0.15, 0.2) is 47.2 Å². The summed E-state index contributed by atoms with van der Waals surface area (Å²) in [6.07, 6.45) is -0.663. The molecule has 0 amide bonds. The van der Waals surface area contributed by atoms with Gasteiger partial charge in [-0.2, -0.15) is 11.3 Å². The summed E-state index contributed by atoms with van der Waals surface area (Å²) in [5.41, 5.74) is 1.87. The van der Waals surface area contributed by atoms with E-state index in [-0.39, 0.29) is 6.54 Å². The van der Waals surface area contributed by atoms with Gasteiger partial charge in [-0.3, -0.25) is 9.69 Å². The van der Waals surface area contributed by atoms with E-state index in [0.717, 1.165) is 11.1 Å². The van der Waals surface area contributed by atoms with Crippen LogP contribution >= 0.6 is 11.3 Å². The fourth-order valence-corrected chi connectivity index (χ4v) is 2.74. The number of nitrogens with zero attached hydrogens (tertiary/aromatic N) is 1. The minimum absolute atomic E-state index is 0.0872. The van der Waals surface area contributed by atoms with E-state index in [1.165, 1.54) is 11.3 Å². The normalized spacial score (nSPS) is 12.5. The van der Waals surface area contributed by atoms with Crippen LogP contribution in [-0.4, -0.2) is 34.2 Å². The van der Waals surface area contributed by atoms with Crippen molar-refractivity contribution in [3.05, 3.63) is 58.3 Å². The molecule has 2 rings (SSSR count). The lowest BCUT2D eigenvalue weighted by Crippen LogP contribution is -2.33. The Hall–Kier alpha value is -1.69. The molecule has 4 nitrogen and oxygen atoms in total. The Morgan fingerprint density at radius 1 is 1.25 bits per heavy atom. The minimum Gasteiger partial charge on any atom is -0.480 e. The van der Waals surface area contributed by atoms with E-state index in [4.69, 9.17) is 5.11 Å². The van der Waals surface area contributed by atoms with E-state index >= 15 is 0 Å². The van der Waals surface area contributed by atoms with Crippen LogP contribution in [0.2, 0.25) is 0 Å². The molecule has 0 aliphatic rings. The summed E-state index contributed by atoms with van der Waals surface area (Å²) < 4.78 is 0. The molecule has 0 aliphatic heterocycles. The molecule has 2 aromatic rings. The van der Waals surface area contributed by atoms with Gasteiger partial charge in [0.25, 0.3) is 0 Å². The van der Waals surface area contributed by atoms with E-state index < -0.39 is 12.1 Å². The largest absolute Gasteiger partial charge is 0.480 e. The fraction of sp³-hybridized carbons (Fsp3) is 0.267. The van der Waals surface area contributed by atoms with Crippen LogP contribution in [0.4, 0.5) is 0 Å². The highest BCUT2D eigenvalue weighted by atomic mass is 32.1. The van der Waals surface area contributed by atoms with Crippen LogP contribution in [0, 0.1) is 0 Å². The number of rotatable bonds is 7. The van der Waals surface area contributed by atoms with Crippen LogP contribution < -0.4 is 0 Å². The van der Waals surface area contributed by atoms with Gasteiger partial charge in [-0.25, -0.2) is 0 Å². The molecule has 0 radical (unpaired) electrons. The highest BCUT2D eigenvalue weighted by molar-refractivity contribution is 7.07. The van der Waals surface area contributed by atoms with E-state index in [2.05, 4.69) is 0 Å². The molecule has 0 saturated heterocycles. The van der Waals surface area contributed by atoms with E-state index in [1.54, 1.807) is 4.90 Å². The number of carboxylic acids is 1. The van der Waals surface area contributed by atoms with Gasteiger partial charge in [0.05, 0.1) is 12.6 Å². The Bertz CT molecular complexity index is 527. The second-order valence-electron chi connectivity index (χ2n) is 4.62. The molecule has 1 heterocycles. The number of aliphatic hydroxyl groups is 1. The van der Waals surface area contributed by atoms with Crippen molar-refractivity contribution in [2.24, 2.45) is 0 Å². The Morgan fingerprint density at radius 3 is 2.60 bits per heavy atom. The maximum Gasteiger partial charge on any atom is 0.317 e. The molecule has 2 N–H and O–H groups in total. The molecular formula is C15H17NO3S. The van der Waals surface area contributed by atoms with Crippen molar-refractivity contribution in [3.63, 3.8) is 0 Å². The first-order valence-corrected chi connectivity index (χ1v) is 7.27. The first kappa shape index (κ1) is 14.7. The summed E-state index contributed by atoms with van der Waals surface area (Å²) in [6.45, 7) is 0.725. The first-order valence-electron chi connectivity index (χ1n) is 6.33. The zero-order chi connectivity index (χ0) is 14.4. The van der Waals surface area contributed by atoms with Gasteiger partial charge in [0.15, 0.2) is 0 Å². The third kappa shape index (κ3) is 4.45. The summed E-state index contributed by atoms with van der Waals surface area (Å²) >= 11 is 1.52. The van der Waals surface area contributed by atoms with Crippen molar-refractivity contribution in [1.82, 2.24) is 4.90 Å². The molecule has 0 aliphatic carbocycles. The van der Waals surface area contributed by atoms with E-state index in [0.29, 0.717) is 13.1 Å². The molecule has 20 heavy (non-hydrogen) atoms. The monoisotopic (exact) mass is 291 g/mol. The lowest BCUT2D eigenvalue weighted by atomic mass is 10.1. The van der Waals surface area contributed by atoms with Crippen molar-refractivity contribution in [2.75, 3.05) is 13.1 Å². The Labute approximate surface area is 121 Å². The quantitative estimate of drug-likeness (QED) is 0.822. The Balaban J connectivity index is 2.02. The summed E-state index contributed by atoms with van der Waals surface area (Å²) in [6, 6.07) is 11.5. The maximum absolute atomic E-state index is 10.9. The number of aliphatic carboxylic acids is 1. The number of benzene rings is 1. The standard InChI is InChI=1S/C15H17NO3S/c17-14(13-6-7-20-11-13)9-16(10-15(18)19)8-12-4-2-1-3-5-12/h1-7,11,14,17H,8-10H2,(H,18,19). The second-order valence-corrected chi connectivity index (χ2v) is 5.40. The minimum atomic E-state index is -0.890. The molecule has 5 heteroatoms. The van der Waals surface area contributed by atoms with Crippen molar-refractivity contribution in [3.8, 4) is 0 Å². The number of hydrogen-bond acceptors (Lipinski definition) is 4. The summed E-state index contributed by atoms with van der Waals surface area (Å²) in [5.74, 6) is -0.890. The zero-order valence-electron chi connectivity index (χ0n) is 11.0. The summed E-state index contributed by atoms with van der Waals surface area (Å²) in [5, 5.41) is 22.9. The van der Waals surface area contributed by atoms with Crippen LogP contribution in [-0.2, 0) is 11.3 Å². The summed E-state index contributed by atoms with van der Waals surface area (Å²) in [4.78, 5) is 12.7. The first-order chi connectivity index (χ1) is 9.65. The molecule has 106 valence electrons. The van der Waals surface area contributed by atoms with Crippen LogP contribution in [0.25, 0.3) is 0 Å². The van der Waals surface area contributed by atoms with E-state index in [1.807, 2.05) is 47.2 Å². The van der Waals surface area contributed by atoms with Gasteiger partial charge in [0.1, 0.15) is 0 Å². The lowest BCUT2D eigenvalue weighted by Gasteiger charge is -2.23. The van der Waals surface area contributed by atoms with Crippen LogP contribution in [0.1, 0.15) is 17.2 Å². The molecule has 0 fully saturated rings. The molecular weight excluding hydrogens is 274 g/mol. The van der Waals surface area contributed by atoms with Gasteiger partial charge in [-0.05, 0) is 28.0 Å². The Kier molecular flexibility index (Phi) is 5.29. The molecule has 1 unspecified atom stereocenters. The smallest absolute Gasteiger partial charge is 0.317 e. The van der Waals surface area contributed by atoms with Crippen LogP contribution in [0.3, 0.4) is 0 Å². The topological polar surface area (TPSA) is 60.8 Å². The maximum atomic E-state index is 10.9. The van der Waals surface area contributed by atoms with Gasteiger partial charge in [0.2, 0.25) is 0 Å². The molecule has 0 spiro atoms. The number of carboxylic acid groups (broad SMARTS) is 1. The van der Waals surface area contributed by atoms with Gasteiger partial charge in [-0.1, -0.05) is 30.3 Å². The third-order valence-corrected chi connectivity index (χ3v) is 3.67. The van der Waals surface area contributed by atoms with Gasteiger partial charge < -0.3 is 10.2 Å². The molecule has 0 saturated carbocycles. The van der Waals surface area contributed by atoms with Crippen LogP contribution in [0.5, 0.6) is 0 Å². The SMILES string of the molecule is O=C(O)CN(Cc1ccccc1)CC(O)c1ccsc1. The van der Waals surface area contributed by atoms with Gasteiger partial charge in [0, 0.05) is 13.1 Å². The predicted octanol–water partition coefficient (Wildman–Crippen LogP) is 2.37. The second kappa shape index (κ2) is 7.19. The van der Waals surface area contributed by atoms with Crippen molar-refractivity contribution in [2.45, 2.75) is 12.6 Å². The van der Waals surface area contributed by atoms with Crippen molar-refractivity contribution in [1.29, 1.82) is 0 Å². The van der Waals surface area contributed by atoms with Gasteiger partial charge in [-0.15, -0.1) is 0 Å². The number of hydrogen-bond donors (Lipinski definition) is 2. The number of aliphatic hydroxyl groups excluding tert-OH is 1. The number of carbonyl (C=O) groups is 1. The molecule has 1 atom stereocenters. The lowest BCUT2D eigenvalue weighted by molar-refractivity contribution is -0.138. The Morgan fingerprint density at radius 2 is 2.00 bits per heavy atom. The highest BCUT2D eigenvalue weighted by Crippen LogP contribution is 2.18. The molecule has 0 bridgehead atoms. The number of thiophene rings is 1. The zero-order valence-corrected chi connectivity index (χ0v) is 11.8. The predicted molar refractivity (Wildman–Crippen MR) is 78.6 cm³/mol. The van der Waals surface area contributed by atoms with Crippen molar-refractivity contribution >= 4 is 17.3 Å². The highest BCUT2D eigenvalue weighted by Gasteiger charge is 2.16. The molecule has 1 aromatic heterocycles. The van der Waals surface area contributed by atoms with E-state index in [9.17, 15) is 9.90 Å². The third-order valence-electron chi connectivity index (χ3n) is 2.97. The summed E-state index contributed by atoms with van der Waals surface area (Å²) in [7, 11) is 0. The molecule has 1 aromatic carbocycles. The van der Waals surface area contributed by atoms with Crippen molar-refractivity contribution < 1.29 is 15.0 Å². The average Bonchev–Trinajstić information content (AvgIpc) is 2.93. The average molecular weight is 291 g/mol. The fourth-order valence-electron chi connectivity index (χ4n) is 2.03. The van der Waals surface area contributed by atoms with Gasteiger partial charge >= 0.3 is 5.97 Å².